The van der Waals surface area contributed by atoms with E-state index < -0.39 is 5.82 Å². The number of likely N-dealkylation sites (tertiary alicyclic amines) is 1. The third-order valence-electron chi connectivity index (χ3n) is 5.91. The van der Waals surface area contributed by atoms with Crippen LogP contribution in [0.3, 0.4) is 0 Å². The number of nitrogens with two attached hydrogens (primary N) is 1. The van der Waals surface area contributed by atoms with Crippen LogP contribution in [0.4, 0.5) is 10.1 Å². The van der Waals surface area contributed by atoms with Crippen molar-refractivity contribution in [3.8, 4) is 22.1 Å². The highest BCUT2D eigenvalue weighted by molar-refractivity contribution is 7.22. The van der Waals surface area contributed by atoms with E-state index >= 15 is 0 Å². The molecule has 0 atom stereocenters. The molecule has 1 fully saturated rings. The number of halogens is 1. The first kappa shape index (κ1) is 20.8. The molecular weight excluding hydrogens is 423 g/mol. The number of fused-ring (bicyclic) bond motifs is 1. The van der Waals surface area contributed by atoms with E-state index in [4.69, 9.17) is 15.5 Å². The zero-order valence-corrected chi connectivity index (χ0v) is 18.7. The summed E-state index contributed by atoms with van der Waals surface area (Å²) in [5.41, 5.74) is 8.92. The highest BCUT2D eigenvalue weighted by Gasteiger charge is 2.17. The van der Waals surface area contributed by atoms with Crippen LogP contribution in [-0.4, -0.2) is 28.0 Å². The first-order valence-electron chi connectivity index (χ1n) is 10.8. The fraction of sp³-hybridized carbons (Fsp3) is 0.280. The minimum atomic E-state index is -0.493. The molecule has 7 heteroatoms. The summed E-state index contributed by atoms with van der Waals surface area (Å²) in [5, 5.41) is 0. The number of thiophene rings is 1. The topological polar surface area (TPSA) is 64.3 Å². The number of piperidine rings is 1. The smallest absolute Gasteiger partial charge is 0.167 e. The Bertz CT molecular complexity index is 1230. The summed E-state index contributed by atoms with van der Waals surface area (Å²) in [6, 6.07) is 12.4. The standard InChI is InChI=1S/C25H25FN4OS/c1-16-7-10-30(11-8-16)15-17-2-4-20(29-14-17)24-13-21-25(32-24)23(6-9-28-21)31-22-5-3-18(27)12-19(22)26/h2-6,9,12-14,16H,7-8,10-11,15,27H2,1H3. The number of aromatic nitrogens is 2. The third kappa shape index (κ3) is 4.45. The average molecular weight is 449 g/mol. The average Bonchev–Trinajstić information content (AvgIpc) is 3.23. The molecule has 5 nitrogen and oxygen atoms in total. The van der Waals surface area contributed by atoms with Crippen molar-refractivity contribution in [2.24, 2.45) is 5.92 Å². The highest BCUT2D eigenvalue weighted by Crippen LogP contribution is 2.39. The predicted molar refractivity (Wildman–Crippen MR) is 127 cm³/mol. The van der Waals surface area contributed by atoms with Crippen LogP contribution in [0.2, 0.25) is 0 Å². The van der Waals surface area contributed by atoms with Crippen LogP contribution in [0.25, 0.3) is 20.8 Å². The minimum Gasteiger partial charge on any atom is -0.453 e. The normalized spacial score (nSPS) is 15.3. The molecule has 32 heavy (non-hydrogen) atoms. The Labute approximate surface area is 190 Å². The van der Waals surface area contributed by atoms with E-state index in [0.717, 1.165) is 46.3 Å². The molecule has 0 unspecified atom stereocenters. The van der Waals surface area contributed by atoms with Crippen molar-refractivity contribution >= 4 is 27.2 Å². The SMILES string of the molecule is CC1CCN(Cc2ccc(-c3cc4nccc(Oc5ccc(N)cc5F)c4s3)nc2)CC1. The maximum absolute atomic E-state index is 14.2. The van der Waals surface area contributed by atoms with Crippen LogP contribution in [0.15, 0.2) is 54.9 Å². The molecular formula is C25H25FN4OS. The number of ether oxygens (including phenoxy) is 1. The van der Waals surface area contributed by atoms with Gasteiger partial charge in [-0.3, -0.25) is 14.9 Å². The molecule has 1 saturated heterocycles. The lowest BCUT2D eigenvalue weighted by molar-refractivity contribution is 0.185. The molecule has 164 valence electrons. The Hall–Kier alpha value is -3.03. The van der Waals surface area contributed by atoms with E-state index in [-0.39, 0.29) is 5.75 Å². The van der Waals surface area contributed by atoms with Gasteiger partial charge in [-0.15, -0.1) is 11.3 Å². The number of hydrogen-bond donors (Lipinski definition) is 1. The van der Waals surface area contributed by atoms with Gasteiger partial charge in [-0.2, -0.15) is 0 Å². The molecule has 0 spiro atoms. The van der Waals surface area contributed by atoms with Gasteiger partial charge < -0.3 is 10.5 Å². The van der Waals surface area contributed by atoms with E-state index in [9.17, 15) is 4.39 Å². The zero-order valence-electron chi connectivity index (χ0n) is 17.9. The maximum atomic E-state index is 14.2. The van der Waals surface area contributed by atoms with Crippen molar-refractivity contribution in [3.05, 3.63) is 66.2 Å². The van der Waals surface area contributed by atoms with Crippen molar-refractivity contribution in [3.63, 3.8) is 0 Å². The second kappa shape index (κ2) is 8.84. The van der Waals surface area contributed by atoms with Gasteiger partial charge in [-0.05, 0) is 61.7 Å². The summed E-state index contributed by atoms with van der Waals surface area (Å²) in [5.74, 6) is 1.04. The second-order valence-corrected chi connectivity index (χ2v) is 9.49. The Kier molecular flexibility index (Phi) is 5.76. The van der Waals surface area contributed by atoms with E-state index in [1.165, 1.54) is 41.9 Å². The van der Waals surface area contributed by atoms with E-state index in [2.05, 4.69) is 28.9 Å². The van der Waals surface area contributed by atoms with Crippen LogP contribution in [0.1, 0.15) is 25.3 Å². The Morgan fingerprint density at radius 1 is 1.09 bits per heavy atom. The minimum absolute atomic E-state index is 0.135. The van der Waals surface area contributed by atoms with Crippen molar-refractivity contribution in [2.75, 3.05) is 18.8 Å². The molecule has 1 aliphatic rings. The molecule has 2 N–H and O–H groups in total. The monoisotopic (exact) mass is 448 g/mol. The molecule has 0 radical (unpaired) electrons. The number of rotatable bonds is 5. The van der Waals surface area contributed by atoms with Gasteiger partial charge in [0.15, 0.2) is 11.6 Å². The van der Waals surface area contributed by atoms with Gasteiger partial charge in [0.1, 0.15) is 5.75 Å². The lowest BCUT2D eigenvalue weighted by Crippen LogP contribution is -2.32. The predicted octanol–water partition coefficient (Wildman–Crippen LogP) is 6.10. The van der Waals surface area contributed by atoms with Gasteiger partial charge in [-0.1, -0.05) is 13.0 Å². The fourth-order valence-electron chi connectivity index (χ4n) is 3.98. The summed E-state index contributed by atoms with van der Waals surface area (Å²) in [6.07, 6.45) is 6.17. The summed E-state index contributed by atoms with van der Waals surface area (Å²) in [6.45, 7) is 5.58. The van der Waals surface area contributed by atoms with Crippen molar-refractivity contribution in [1.82, 2.24) is 14.9 Å². The van der Waals surface area contributed by atoms with Gasteiger partial charge >= 0.3 is 0 Å². The molecule has 0 amide bonds. The summed E-state index contributed by atoms with van der Waals surface area (Å²) in [7, 11) is 0. The summed E-state index contributed by atoms with van der Waals surface area (Å²) in [4.78, 5) is 12.7. The number of anilines is 1. The van der Waals surface area contributed by atoms with Crippen LogP contribution >= 0.6 is 11.3 Å². The van der Waals surface area contributed by atoms with Gasteiger partial charge in [0.2, 0.25) is 0 Å². The second-order valence-electron chi connectivity index (χ2n) is 8.44. The van der Waals surface area contributed by atoms with Crippen LogP contribution in [0, 0.1) is 11.7 Å². The number of nitrogens with zero attached hydrogens (tertiary/aromatic N) is 3. The van der Waals surface area contributed by atoms with Crippen molar-refractivity contribution < 1.29 is 9.13 Å². The summed E-state index contributed by atoms with van der Waals surface area (Å²) >= 11 is 1.54. The van der Waals surface area contributed by atoms with Gasteiger partial charge in [-0.25, -0.2) is 4.39 Å². The molecule has 0 saturated carbocycles. The lowest BCUT2D eigenvalue weighted by atomic mass is 9.99. The Balaban J connectivity index is 1.36. The van der Waals surface area contributed by atoms with Gasteiger partial charge in [0.25, 0.3) is 0 Å². The number of pyridine rings is 2. The van der Waals surface area contributed by atoms with E-state index in [1.54, 1.807) is 18.3 Å². The van der Waals surface area contributed by atoms with Crippen LogP contribution < -0.4 is 10.5 Å². The maximum Gasteiger partial charge on any atom is 0.167 e. The van der Waals surface area contributed by atoms with Crippen LogP contribution in [-0.2, 0) is 6.54 Å². The molecule has 1 aliphatic heterocycles. The highest BCUT2D eigenvalue weighted by atomic mass is 32.1. The first-order chi connectivity index (χ1) is 15.5. The zero-order chi connectivity index (χ0) is 22.1. The number of nitrogen functional groups attached to an aromatic ring is 1. The van der Waals surface area contributed by atoms with Crippen molar-refractivity contribution in [1.29, 1.82) is 0 Å². The summed E-state index contributed by atoms with van der Waals surface area (Å²) < 4.78 is 20.9. The van der Waals surface area contributed by atoms with Gasteiger partial charge in [0, 0.05) is 36.8 Å². The van der Waals surface area contributed by atoms with Crippen molar-refractivity contribution in [2.45, 2.75) is 26.3 Å². The molecule has 0 bridgehead atoms. The van der Waals surface area contributed by atoms with E-state index in [1.807, 2.05) is 12.3 Å². The van der Waals surface area contributed by atoms with Gasteiger partial charge in [0.05, 0.1) is 20.8 Å². The molecule has 0 aliphatic carbocycles. The largest absolute Gasteiger partial charge is 0.453 e. The molecule has 5 rings (SSSR count). The van der Waals surface area contributed by atoms with Crippen LogP contribution in [0.5, 0.6) is 11.5 Å². The molecule has 4 aromatic rings. The Morgan fingerprint density at radius 3 is 2.69 bits per heavy atom. The quantitative estimate of drug-likeness (QED) is 0.374. The molecule has 1 aromatic carbocycles. The molecule has 4 heterocycles. The fourth-order valence-corrected chi connectivity index (χ4v) is 5.02. The lowest BCUT2D eigenvalue weighted by Gasteiger charge is -2.30. The van der Waals surface area contributed by atoms with E-state index in [0.29, 0.717) is 11.4 Å². The molecule has 3 aromatic heterocycles. The first-order valence-corrected chi connectivity index (χ1v) is 11.7. The number of benzene rings is 1. The number of hydrogen-bond acceptors (Lipinski definition) is 6. The third-order valence-corrected chi connectivity index (χ3v) is 7.07. The Morgan fingerprint density at radius 2 is 1.94 bits per heavy atom.